The molecule has 1 aromatic carbocycles. The van der Waals surface area contributed by atoms with E-state index >= 15 is 0 Å². The molecule has 0 spiro atoms. The van der Waals surface area contributed by atoms with Crippen LogP contribution in [0.1, 0.15) is 37.8 Å². The first kappa shape index (κ1) is 16.5. The van der Waals surface area contributed by atoms with Crippen LogP contribution < -0.4 is 5.32 Å². The average molecular weight is 314 g/mol. The fourth-order valence-electron chi connectivity index (χ4n) is 4.03. The van der Waals surface area contributed by atoms with E-state index in [9.17, 15) is 4.79 Å². The molecule has 0 unspecified atom stereocenters. The van der Waals surface area contributed by atoms with E-state index in [2.05, 4.69) is 62.3 Å². The van der Waals surface area contributed by atoms with Crippen LogP contribution in [0.5, 0.6) is 0 Å². The second-order valence-corrected chi connectivity index (χ2v) is 8.16. The van der Waals surface area contributed by atoms with Crippen molar-refractivity contribution in [1.29, 1.82) is 0 Å². The number of benzene rings is 1. The normalized spacial score (nSPS) is 26.5. The number of hydrogen-bond acceptors (Lipinski definition) is 2. The quantitative estimate of drug-likeness (QED) is 0.906. The van der Waals surface area contributed by atoms with Crippen LogP contribution in [0.25, 0.3) is 0 Å². The average Bonchev–Trinajstić information content (AvgIpc) is 3.15. The Bertz CT molecular complexity index is 577. The number of aryl methyl sites for hydroxylation is 1. The minimum Gasteiger partial charge on any atom is -0.351 e. The van der Waals surface area contributed by atoms with Crippen LogP contribution in [0.15, 0.2) is 24.3 Å². The summed E-state index contributed by atoms with van der Waals surface area (Å²) < 4.78 is 0. The van der Waals surface area contributed by atoms with Gasteiger partial charge in [0.25, 0.3) is 0 Å². The number of carbonyl (C=O) groups is 1. The predicted octanol–water partition coefficient (Wildman–Crippen LogP) is 3.02. The van der Waals surface area contributed by atoms with Crippen LogP contribution in [0.3, 0.4) is 0 Å². The van der Waals surface area contributed by atoms with Crippen molar-refractivity contribution in [3.63, 3.8) is 0 Å². The van der Waals surface area contributed by atoms with E-state index in [0.29, 0.717) is 17.9 Å². The van der Waals surface area contributed by atoms with Gasteiger partial charge in [-0.15, -0.1) is 0 Å². The predicted molar refractivity (Wildman–Crippen MR) is 94.3 cm³/mol. The third-order valence-electron chi connectivity index (χ3n) is 5.68. The highest BCUT2D eigenvalue weighted by Crippen LogP contribution is 2.49. The largest absolute Gasteiger partial charge is 0.351 e. The lowest BCUT2D eigenvalue weighted by molar-refractivity contribution is -0.127. The molecule has 1 aromatic rings. The van der Waals surface area contributed by atoms with Crippen molar-refractivity contribution in [3.8, 4) is 0 Å². The summed E-state index contributed by atoms with van der Waals surface area (Å²) in [5.74, 6) is 1.46. The second kappa shape index (κ2) is 6.27. The summed E-state index contributed by atoms with van der Waals surface area (Å²) in [5.41, 5.74) is 2.42. The number of likely N-dealkylation sites (N-methyl/N-ethyl adjacent to an activating group) is 1. The lowest BCUT2D eigenvalue weighted by Crippen LogP contribution is -2.45. The van der Waals surface area contributed by atoms with Crippen molar-refractivity contribution in [3.05, 3.63) is 35.4 Å². The van der Waals surface area contributed by atoms with Crippen LogP contribution in [-0.4, -0.2) is 37.0 Å². The molecule has 1 saturated carbocycles. The van der Waals surface area contributed by atoms with Crippen molar-refractivity contribution < 1.29 is 4.79 Å². The summed E-state index contributed by atoms with van der Waals surface area (Å²) in [4.78, 5) is 15.3. The van der Waals surface area contributed by atoms with Gasteiger partial charge in [-0.25, -0.2) is 0 Å². The second-order valence-electron chi connectivity index (χ2n) is 8.16. The number of likely N-dealkylation sites (tertiary alicyclic amines) is 1. The zero-order valence-corrected chi connectivity index (χ0v) is 14.9. The molecule has 2 fully saturated rings. The molecular formula is C20H30N2O. The van der Waals surface area contributed by atoms with Crippen molar-refractivity contribution >= 4 is 5.91 Å². The summed E-state index contributed by atoms with van der Waals surface area (Å²) in [6.07, 6.45) is 2.94. The smallest absolute Gasteiger partial charge is 0.226 e. The lowest BCUT2D eigenvalue weighted by atomic mass is 9.89. The Morgan fingerprint density at radius 3 is 2.70 bits per heavy atom. The SMILES string of the molecule is Cc1cccc(CC2(C(=O)N[C@@H]3CN(C)C[C@H]3C(C)C)CC2)c1. The maximum Gasteiger partial charge on any atom is 0.226 e. The Hall–Kier alpha value is -1.35. The van der Waals surface area contributed by atoms with Gasteiger partial charge in [0.15, 0.2) is 0 Å². The molecule has 2 aliphatic rings. The van der Waals surface area contributed by atoms with Gasteiger partial charge >= 0.3 is 0 Å². The van der Waals surface area contributed by atoms with E-state index < -0.39 is 0 Å². The molecule has 2 atom stereocenters. The third-order valence-corrected chi connectivity index (χ3v) is 5.68. The fourth-order valence-corrected chi connectivity index (χ4v) is 4.03. The topological polar surface area (TPSA) is 32.3 Å². The van der Waals surface area contributed by atoms with Crippen molar-refractivity contribution in [2.75, 3.05) is 20.1 Å². The van der Waals surface area contributed by atoms with E-state index in [0.717, 1.165) is 32.4 Å². The molecular weight excluding hydrogens is 284 g/mol. The van der Waals surface area contributed by atoms with Gasteiger partial charge in [0.1, 0.15) is 0 Å². The molecule has 1 N–H and O–H groups in total. The fraction of sp³-hybridized carbons (Fsp3) is 0.650. The number of nitrogens with one attached hydrogen (secondary N) is 1. The third kappa shape index (κ3) is 3.60. The van der Waals surface area contributed by atoms with Gasteiger partial charge in [-0.3, -0.25) is 4.79 Å². The highest BCUT2D eigenvalue weighted by Gasteiger charge is 2.50. The Kier molecular flexibility index (Phi) is 4.50. The number of hydrogen-bond donors (Lipinski definition) is 1. The zero-order chi connectivity index (χ0) is 16.6. The molecule has 3 rings (SSSR count). The number of amides is 1. The van der Waals surface area contributed by atoms with E-state index in [-0.39, 0.29) is 11.3 Å². The van der Waals surface area contributed by atoms with Crippen molar-refractivity contribution in [2.24, 2.45) is 17.3 Å². The van der Waals surface area contributed by atoms with Crippen LogP contribution in [0.2, 0.25) is 0 Å². The van der Waals surface area contributed by atoms with Gasteiger partial charge < -0.3 is 10.2 Å². The standard InChI is InChI=1S/C20H30N2O/c1-14(2)17-12-22(4)13-18(17)21-19(23)20(8-9-20)11-16-7-5-6-15(3)10-16/h5-7,10,14,17-18H,8-9,11-13H2,1-4H3,(H,21,23)/t17-,18+/m0/s1. The Balaban J connectivity index is 1.65. The Morgan fingerprint density at radius 2 is 2.09 bits per heavy atom. The molecule has 1 saturated heterocycles. The maximum absolute atomic E-state index is 12.9. The first-order chi connectivity index (χ1) is 10.9. The van der Waals surface area contributed by atoms with Crippen LogP contribution in [0.4, 0.5) is 0 Å². The molecule has 1 aliphatic carbocycles. The van der Waals surface area contributed by atoms with Gasteiger partial charge in [-0.2, -0.15) is 0 Å². The van der Waals surface area contributed by atoms with Gasteiger partial charge in [-0.05, 0) is 50.6 Å². The summed E-state index contributed by atoms with van der Waals surface area (Å²) in [6.45, 7) is 8.72. The van der Waals surface area contributed by atoms with Crippen LogP contribution in [-0.2, 0) is 11.2 Å². The van der Waals surface area contributed by atoms with E-state index in [1.165, 1.54) is 11.1 Å². The Morgan fingerprint density at radius 1 is 1.35 bits per heavy atom. The highest BCUT2D eigenvalue weighted by atomic mass is 16.2. The summed E-state index contributed by atoms with van der Waals surface area (Å²) in [7, 11) is 2.15. The summed E-state index contributed by atoms with van der Waals surface area (Å²) in [5, 5.41) is 3.40. The number of nitrogens with zero attached hydrogens (tertiary/aromatic N) is 1. The first-order valence-corrected chi connectivity index (χ1v) is 8.95. The maximum atomic E-state index is 12.9. The van der Waals surface area contributed by atoms with Gasteiger partial charge in [0.2, 0.25) is 5.91 Å². The van der Waals surface area contributed by atoms with E-state index in [1.807, 2.05) is 0 Å². The summed E-state index contributed by atoms with van der Waals surface area (Å²) >= 11 is 0. The minimum atomic E-state index is -0.142. The highest BCUT2D eigenvalue weighted by molar-refractivity contribution is 5.86. The van der Waals surface area contributed by atoms with Gasteiger partial charge in [0, 0.05) is 19.1 Å². The van der Waals surface area contributed by atoms with Gasteiger partial charge in [0.05, 0.1) is 5.41 Å². The first-order valence-electron chi connectivity index (χ1n) is 8.95. The molecule has 126 valence electrons. The molecule has 0 radical (unpaired) electrons. The van der Waals surface area contributed by atoms with Crippen molar-refractivity contribution in [2.45, 2.75) is 46.1 Å². The molecule has 23 heavy (non-hydrogen) atoms. The molecule has 1 heterocycles. The van der Waals surface area contributed by atoms with E-state index in [4.69, 9.17) is 0 Å². The molecule has 3 nitrogen and oxygen atoms in total. The molecule has 0 aromatic heterocycles. The van der Waals surface area contributed by atoms with E-state index in [1.54, 1.807) is 0 Å². The van der Waals surface area contributed by atoms with Gasteiger partial charge in [-0.1, -0.05) is 43.7 Å². The molecule has 3 heteroatoms. The van der Waals surface area contributed by atoms with Crippen LogP contribution >= 0.6 is 0 Å². The Labute approximate surface area is 140 Å². The zero-order valence-electron chi connectivity index (χ0n) is 14.9. The monoisotopic (exact) mass is 314 g/mol. The molecule has 1 amide bonds. The molecule has 0 bridgehead atoms. The van der Waals surface area contributed by atoms with Crippen molar-refractivity contribution in [1.82, 2.24) is 10.2 Å². The minimum absolute atomic E-state index is 0.142. The molecule has 1 aliphatic heterocycles. The lowest BCUT2D eigenvalue weighted by Gasteiger charge is -2.25. The van der Waals surface area contributed by atoms with Crippen LogP contribution in [0, 0.1) is 24.2 Å². The number of rotatable bonds is 5. The summed E-state index contributed by atoms with van der Waals surface area (Å²) in [6, 6.07) is 8.89. The number of carbonyl (C=O) groups excluding carboxylic acids is 1.